The maximum atomic E-state index is 13.2. The molecule has 0 radical (unpaired) electrons. The number of hydrogen-bond acceptors (Lipinski definition) is 4. The lowest BCUT2D eigenvalue weighted by atomic mass is 10.0. The van der Waals surface area contributed by atoms with Crippen molar-refractivity contribution in [3.8, 4) is 11.3 Å². The first-order chi connectivity index (χ1) is 14.9. The average molecular weight is 409 g/mol. The molecule has 0 fully saturated rings. The van der Waals surface area contributed by atoms with Crippen LogP contribution in [0.3, 0.4) is 0 Å². The van der Waals surface area contributed by atoms with Crippen molar-refractivity contribution < 1.29 is 14.3 Å². The molecule has 0 N–H and O–H groups in total. The molecule has 3 aromatic carbocycles. The first-order valence-electron chi connectivity index (χ1n) is 10.2. The van der Waals surface area contributed by atoms with Gasteiger partial charge in [0.15, 0.2) is 6.10 Å². The van der Waals surface area contributed by atoms with E-state index in [1.54, 1.807) is 25.1 Å². The van der Waals surface area contributed by atoms with Crippen LogP contribution >= 0.6 is 0 Å². The van der Waals surface area contributed by atoms with Gasteiger partial charge in [0.05, 0.1) is 16.8 Å². The number of carbonyl (C=O) groups excluding carboxylic acids is 2. The molecular formula is C27H23NO3. The molecule has 31 heavy (non-hydrogen) atoms. The molecule has 0 saturated carbocycles. The molecule has 0 aliphatic rings. The maximum Gasteiger partial charge on any atom is 0.339 e. The third kappa shape index (κ3) is 4.38. The number of ether oxygens (including phenoxy) is 1. The SMILES string of the molecule is Cc1ccc(C(=O)[C@@H](C)OC(=O)c2cc(-c3ccccc3)nc3ccc(C)cc23)cc1. The van der Waals surface area contributed by atoms with Crippen LogP contribution in [0.5, 0.6) is 0 Å². The van der Waals surface area contributed by atoms with E-state index >= 15 is 0 Å². The fourth-order valence-electron chi connectivity index (χ4n) is 3.50. The predicted molar refractivity (Wildman–Crippen MR) is 122 cm³/mol. The van der Waals surface area contributed by atoms with E-state index in [2.05, 4.69) is 0 Å². The van der Waals surface area contributed by atoms with Crippen molar-refractivity contribution in [2.45, 2.75) is 26.9 Å². The van der Waals surface area contributed by atoms with E-state index in [9.17, 15) is 9.59 Å². The summed E-state index contributed by atoms with van der Waals surface area (Å²) in [6.45, 7) is 5.52. The molecule has 1 aromatic heterocycles. The minimum Gasteiger partial charge on any atom is -0.451 e. The summed E-state index contributed by atoms with van der Waals surface area (Å²) in [6, 6.07) is 24.4. The molecule has 0 saturated heterocycles. The summed E-state index contributed by atoms with van der Waals surface area (Å²) in [4.78, 5) is 30.6. The van der Waals surface area contributed by atoms with Gasteiger partial charge in [-0.2, -0.15) is 0 Å². The number of ketones is 1. The topological polar surface area (TPSA) is 56.3 Å². The van der Waals surface area contributed by atoms with E-state index in [1.165, 1.54) is 0 Å². The van der Waals surface area contributed by atoms with Gasteiger partial charge in [-0.05, 0) is 39.0 Å². The van der Waals surface area contributed by atoms with Gasteiger partial charge < -0.3 is 4.74 Å². The average Bonchev–Trinajstić information content (AvgIpc) is 2.79. The highest BCUT2D eigenvalue weighted by molar-refractivity contribution is 6.07. The Bertz CT molecular complexity index is 1260. The van der Waals surface area contributed by atoms with E-state index < -0.39 is 12.1 Å². The second-order valence-corrected chi connectivity index (χ2v) is 7.72. The summed E-state index contributed by atoms with van der Waals surface area (Å²) in [7, 11) is 0. The highest BCUT2D eigenvalue weighted by Gasteiger charge is 2.22. The Labute approximate surface area is 181 Å². The van der Waals surface area contributed by atoms with Gasteiger partial charge in [-0.25, -0.2) is 9.78 Å². The van der Waals surface area contributed by atoms with Gasteiger partial charge in [-0.15, -0.1) is 0 Å². The summed E-state index contributed by atoms with van der Waals surface area (Å²) in [5.74, 6) is -0.769. The predicted octanol–water partition coefficient (Wildman–Crippen LogP) is 5.95. The van der Waals surface area contributed by atoms with Crippen molar-refractivity contribution in [1.29, 1.82) is 0 Å². The molecule has 154 valence electrons. The lowest BCUT2D eigenvalue weighted by Gasteiger charge is -2.15. The Hall–Kier alpha value is -3.79. The third-order valence-corrected chi connectivity index (χ3v) is 5.24. The van der Waals surface area contributed by atoms with E-state index in [-0.39, 0.29) is 5.78 Å². The zero-order valence-corrected chi connectivity index (χ0v) is 17.8. The summed E-state index contributed by atoms with van der Waals surface area (Å²) < 4.78 is 5.61. The highest BCUT2D eigenvalue weighted by atomic mass is 16.5. The molecule has 4 rings (SSSR count). The van der Waals surface area contributed by atoms with Crippen molar-refractivity contribution in [2.24, 2.45) is 0 Å². The van der Waals surface area contributed by atoms with E-state index in [4.69, 9.17) is 9.72 Å². The number of esters is 1. The minimum absolute atomic E-state index is 0.230. The number of pyridine rings is 1. The number of rotatable bonds is 5. The van der Waals surface area contributed by atoms with Gasteiger partial charge in [-0.1, -0.05) is 71.8 Å². The summed E-state index contributed by atoms with van der Waals surface area (Å²) in [5, 5.41) is 0.708. The largest absolute Gasteiger partial charge is 0.451 e. The van der Waals surface area contributed by atoms with Crippen LogP contribution in [0.4, 0.5) is 0 Å². The Morgan fingerprint density at radius 1 is 0.839 bits per heavy atom. The van der Waals surface area contributed by atoms with Gasteiger partial charge in [0.25, 0.3) is 0 Å². The molecule has 0 amide bonds. The quantitative estimate of drug-likeness (QED) is 0.302. The number of Topliss-reactive ketones (excluding diaryl/α,β-unsaturated/α-hetero) is 1. The normalized spacial score (nSPS) is 11.8. The molecule has 1 heterocycles. The van der Waals surface area contributed by atoms with Crippen molar-refractivity contribution in [3.63, 3.8) is 0 Å². The van der Waals surface area contributed by atoms with Crippen LogP contribution in [-0.4, -0.2) is 22.8 Å². The molecule has 0 aliphatic heterocycles. The Morgan fingerprint density at radius 3 is 2.23 bits per heavy atom. The van der Waals surface area contributed by atoms with Gasteiger partial charge in [0, 0.05) is 16.5 Å². The second-order valence-electron chi connectivity index (χ2n) is 7.72. The van der Waals surface area contributed by atoms with Gasteiger partial charge in [0.2, 0.25) is 5.78 Å². The van der Waals surface area contributed by atoms with Crippen LogP contribution in [0.1, 0.15) is 38.8 Å². The van der Waals surface area contributed by atoms with E-state index in [0.29, 0.717) is 27.7 Å². The summed E-state index contributed by atoms with van der Waals surface area (Å²) >= 11 is 0. The smallest absolute Gasteiger partial charge is 0.339 e. The number of aromatic nitrogens is 1. The van der Waals surface area contributed by atoms with Crippen molar-refractivity contribution in [1.82, 2.24) is 4.98 Å². The third-order valence-electron chi connectivity index (χ3n) is 5.24. The maximum absolute atomic E-state index is 13.2. The number of nitrogens with zero attached hydrogens (tertiary/aromatic N) is 1. The molecule has 0 bridgehead atoms. The van der Waals surface area contributed by atoms with Crippen LogP contribution in [0.15, 0.2) is 78.9 Å². The van der Waals surface area contributed by atoms with Crippen molar-refractivity contribution in [2.75, 3.05) is 0 Å². The van der Waals surface area contributed by atoms with Gasteiger partial charge in [0.1, 0.15) is 0 Å². The molecular weight excluding hydrogens is 386 g/mol. The summed E-state index contributed by atoms with van der Waals surface area (Å²) in [6.07, 6.45) is -0.900. The monoisotopic (exact) mass is 409 g/mol. The Balaban J connectivity index is 1.70. The molecule has 0 unspecified atom stereocenters. The highest BCUT2D eigenvalue weighted by Crippen LogP contribution is 2.26. The van der Waals surface area contributed by atoms with E-state index in [0.717, 1.165) is 16.7 Å². The van der Waals surface area contributed by atoms with Crippen LogP contribution in [0, 0.1) is 13.8 Å². The van der Waals surface area contributed by atoms with E-state index in [1.807, 2.05) is 74.5 Å². The fourth-order valence-corrected chi connectivity index (χ4v) is 3.50. The van der Waals surface area contributed by atoms with Gasteiger partial charge in [-0.3, -0.25) is 4.79 Å². The lowest BCUT2D eigenvalue weighted by molar-refractivity contribution is 0.0320. The van der Waals surface area contributed by atoms with Crippen LogP contribution in [0.25, 0.3) is 22.2 Å². The zero-order valence-electron chi connectivity index (χ0n) is 17.8. The molecule has 0 spiro atoms. The number of benzene rings is 3. The molecule has 4 aromatic rings. The number of carbonyl (C=O) groups is 2. The van der Waals surface area contributed by atoms with Crippen molar-refractivity contribution >= 4 is 22.7 Å². The molecule has 4 nitrogen and oxygen atoms in total. The number of aryl methyl sites for hydroxylation is 2. The first kappa shape index (κ1) is 20.5. The standard InChI is InChI=1S/C27H23NO3/c1-17-9-12-21(13-10-17)26(29)19(3)31-27(30)23-16-25(20-7-5-4-6-8-20)28-24-14-11-18(2)15-22(23)24/h4-16,19H,1-3H3/t19-/m1/s1. The lowest BCUT2D eigenvalue weighted by Crippen LogP contribution is -2.24. The first-order valence-corrected chi connectivity index (χ1v) is 10.2. The molecule has 4 heteroatoms. The van der Waals surface area contributed by atoms with Crippen LogP contribution in [-0.2, 0) is 4.74 Å². The number of fused-ring (bicyclic) bond motifs is 1. The second kappa shape index (κ2) is 8.52. The Morgan fingerprint density at radius 2 is 1.52 bits per heavy atom. The zero-order chi connectivity index (χ0) is 22.0. The Kier molecular flexibility index (Phi) is 5.63. The van der Waals surface area contributed by atoms with Crippen LogP contribution < -0.4 is 0 Å². The van der Waals surface area contributed by atoms with Gasteiger partial charge >= 0.3 is 5.97 Å². The number of hydrogen-bond donors (Lipinski definition) is 0. The minimum atomic E-state index is -0.900. The summed E-state index contributed by atoms with van der Waals surface area (Å²) in [5.41, 5.74) is 5.29. The molecule has 1 atom stereocenters. The fraction of sp³-hybridized carbons (Fsp3) is 0.148. The molecule has 0 aliphatic carbocycles. The van der Waals surface area contributed by atoms with Crippen molar-refractivity contribution in [3.05, 3.63) is 101 Å². The van der Waals surface area contributed by atoms with Crippen LogP contribution in [0.2, 0.25) is 0 Å².